The van der Waals surface area contributed by atoms with Crippen LogP contribution >= 0.6 is 0 Å². The quantitative estimate of drug-likeness (QED) is 0.117. The number of carbonyl (C=O) groups excluding carboxylic acids is 4. The fraction of sp³-hybridized carbons (Fsp3) is 0.667. The lowest BCUT2D eigenvalue weighted by Gasteiger charge is -2.23. The number of ether oxygens (including phenoxy) is 3. The van der Waals surface area contributed by atoms with Crippen molar-refractivity contribution in [1.29, 1.82) is 0 Å². The van der Waals surface area contributed by atoms with Crippen LogP contribution in [-0.4, -0.2) is 42.0 Å². The summed E-state index contributed by atoms with van der Waals surface area (Å²) in [6, 6.07) is 0. The summed E-state index contributed by atoms with van der Waals surface area (Å²) in [4.78, 5) is 46.6. The number of hydrogen-bond donors (Lipinski definition) is 0. The molecule has 0 radical (unpaired) electrons. The second kappa shape index (κ2) is 14.8. The van der Waals surface area contributed by atoms with Crippen molar-refractivity contribution >= 4 is 23.7 Å². The highest BCUT2D eigenvalue weighted by atomic mass is 16.6. The molecule has 0 heterocycles. The van der Waals surface area contributed by atoms with Gasteiger partial charge in [-0.2, -0.15) is 0 Å². The number of esters is 3. The lowest BCUT2D eigenvalue weighted by Crippen LogP contribution is -2.25. The van der Waals surface area contributed by atoms with Crippen LogP contribution in [0.3, 0.4) is 0 Å². The molecule has 7 nitrogen and oxygen atoms in total. The molecule has 0 saturated heterocycles. The molecule has 2 aliphatic rings. The van der Waals surface area contributed by atoms with E-state index in [0.29, 0.717) is 24.7 Å². The highest BCUT2D eigenvalue weighted by Crippen LogP contribution is 2.51. The van der Waals surface area contributed by atoms with Gasteiger partial charge in [-0.05, 0) is 70.8 Å². The van der Waals surface area contributed by atoms with Gasteiger partial charge in [0.2, 0.25) is 0 Å². The van der Waals surface area contributed by atoms with Gasteiger partial charge in [0.1, 0.15) is 12.2 Å². The first kappa shape index (κ1) is 30.3. The van der Waals surface area contributed by atoms with Gasteiger partial charge in [-0.3, -0.25) is 19.2 Å². The Bertz CT molecular complexity index is 951. The van der Waals surface area contributed by atoms with E-state index in [0.717, 1.165) is 25.7 Å². The summed E-state index contributed by atoms with van der Waals surface area (Å²) in [6.07, 6.45) is 9.99. The lowest BCUT2D eigenvalue weighted by molar-refractivity contribution is -0.153. The maximum atomic E-state index is 11.9. The molecule has 7 atom stereocenters. The minimum Gasteiger partial charge on any atom is -0.462 e. The Hall–Kier alpha value is -2.88. The van der Waals surface area contributed by atoms with E-state index in [1.807, 2.05) is 13.0 Å². The Kier molecular flexibility index (Phi) is 12.1. The molecule has 0 aromatic heterocycles. The number of ketones is 1. The van der Waals surface area contributed by atoms with Crippen molar-refractivity contribution < 1.29 is 33.4 Å². The van der Waals surface area contributed by atoms with Gasteiger partial charge in [0, 0.05) is 38.5 Å². The third-order valence-electron chi connectivity index (χ3n) is 7.29. The maximum absolute atomic E-state index is 11.9. The molecule has 2 fully saturated rings. The Balaban J connectivity index is 2.03. The Morgan fingerprint density at radius 1 is 1.05 bits per heavy atom. The Morgan fingerprint density at radius 3 is 2.41 bits per heavy atom. The van der Waals surface area contributed by atoms with Gasteiger partial charge in [0.25, 0.3) is 0 Å². The minimum atomic E-state index is -0.696. The fourth-order valence-corrected chi connectivity index (χ4v) is 5.30. The van der Waals surface area contributed by atoms with Crippen LogP contribution in [0.15, 0.2) is 23.8 Å². The van der Waals surface area contributed by atoms with E-state index in [1.54, 1.807) is 13.8 Å². The van der Waals surface area contributed by atoms with Crippen molar-refractivity contribution in [2.45, 2.75) is 105 Å². The number of Topliss-reactive ketones (excluding diaryl/α,β-unsaturated/α-hetero) is 1. The number of rotatable bonds is 12. The van der Waals surface area contributed by atoms with Crippen LogP contribution in [0, 0.1) is 35.5 Å². The van der Waals surface area contributed by atoms with E-state index in [4.69, 9.17) is 14.2 Å². The molecule has 2 saturated carbocycles. The van der Waals surface area contributed by atoms with Gasteiger partial charge in [0.15, 0.2) is 11.9 Å². The second-order valence-electron chi connectivity index (χ2n) is 10.4. The number of hydrogen-bond acceptors (Lipinski definition) is 7. The zero-order valence-corrected chi connectivity index (χ0v) is 23.1. The highest BCUT2D eigenvalue weighted by Gasteiger charge is 2.47. The van der Waals surface area contributed by atoms with Crippen LogP contribution in [0.2, 0.25) is 0 Å². The average molecular weight is 515 g/mol. The average Bonchev–Trinajstić information content (AvgIpc) is 3.34. The van der Waals surface area contributed by atoms with Gasteiger partial charge in [-0.15, -0.1) is 11.8 Å². The molecule has 2 unspecified atom stereocenters. The molecular formula is C30H42O7. The van der Waals surface area contributed by atoms with Crippen molar-refractivity contribution in [3.05, 3.63) is 23.8 Å². The van der Waals surface area contributed by atoms with E-state index in [2.05, 4.69) is 24.0 Å². The number of allylic oxidation sites excluding steroid dienone is 2. The van der Waals surface area contributed by atoms with Crippen LogP contribution in [0.25, 0.3) is 0 Å². The van der Waals surface area contributed by atoms with Crippen LogP contribution in [0.5, 0.6) is 0 Å². The summed E-state index contributed by atoms with van der Waals surface area (Å²) in [5.41, 5.74) is 1.36. The molecule has 0 bridgehead atoms. The molecule has 0 aromatic carbocycles. The normalized spacial score (nSPS) is 26.1. The first-order valence-corrected chi connectivity index (χ1v) is 13.3. The predicted molar refractivity (Wildman–Crippen MR) is 140 cm³/mol. The monoisotopic (exact) mass is 514 g/mol. The number of fused-ring (bicyclic) bond motifs is 1. The third kappa shape index (κ3) is 9.83. The van der Waals surface area contributed by atoms with Crippen molar-refractivity contribution in [3.63, 3.8) is 0 Å². The van der Waals surface area contributed by atoms with Crippen molar-refractivity contribution in [1.82, 2.24) is 0 Å². The molecule has 204 valence electrons. The summed E-state index contributed by atoms with van der Waals surface area (Å²) >= 11 is 0. The van der Waals surface area contributed by atoms with Crippen LogP contribution in [-0.2, 0) is 33.4 Å². The maximum Gasteiger partial charge on any atom is 0.306 e. The van der Waals surface area contributed by atoms with Gasteiger partial charge in [-0.1, -0.05) is 24.6 Å². The van der Waals surface area contributed by atoms with Gasteiger partial charge >= 0.3 is 17.9 Å². The molecule has 0 spiro atoms. The summed E-state index contributed by atoms with van der Waals surface area (Å²) in [5, 5.41) is 0. The van der Waals surface area contributed by atoms with Crippen molar-refractivity contribution in [2.24, 2.45) is 23.7 Å². The van der Waals surface area contributed by atoms with E-state index in [9.17, 15) is 19.2 Å². The molecule has 7 heteroatoms. The first-order valence-electron chi connectivity index (χ1n) is 13.3. The zero-order chi connectivity index (χ0) is 27.5. The van der Waals surface area contributed by atoms with Crippen LogP contribution < -0.4 is 0 Å². The lowest BCUT2D eigenvalue weighted by atomic mass is 9.89. The van der Waals surface area contributed by atoms with Gasteiger partial charge in [0.05, 0.1) is 0 Å². The van der Waals surface area contributed by atoms with Crippen molar-refractivity contribution in [2.75, 3.05) is 0 Å². The molecule has 0 amide bonds. The Labute approximate surface area is 221 Å². The molecular weight excluding hydrogens is 472 g/mol. The molecule has 2 rings (SSSR count). The van der Waals surface area contributed by atoms with E-state index < -0.39 is 12.2 Å². The van der Waals surface area contributed by atoms with E-state index in [1.165, 1.54) is 26.3 Å². The largest absolute Gasteiger partial charge is 0.462 e. The zero-order valence-electron chi connectivity index (χ0n) is 23.1. The molecule has 0 aliphatic heterocycles. The Morgan fingerprint density at radius 2 is 1.78 bits per heavy atom. The SMILES string of the molecule is CC#CCC(C)[C@@H](/C=C/[C@H]1C(OC(C)=O)C[C@@H]2C/C(=C\CCCC(=O)O[C@H](C)C(C)=O)C[C@@H]21)OC(C)=O. The molecule has 0 N–H and O–H groups in total. The summed E-state index contributed by atoms with van der Waals surface area (Å²) in [6.45, 7) is 9.64. The molecule has 0 aromatic rings. The summed E-state index contributed by atoms with van der Waals surface area (Å²) < 4.78 is 16.4. The summed E-state index contributed by atoms with van der Waals surface area (Å²) in [5.74, 6) is 5.67. The summed E-state index contributed by atoms with van der Waals surface area (Å²) in [7, 11) is 0. The molecule has 37 heavy (non-hydrogen) atoms. The van der Waals surface area contributed by atoms with Crippen LogP contribution in [0.1, 0.15) is 86.5 Å². The molecule has 2 aliphatic carbocycles. The number of unbranched alkanes of at least 4 members (excludes halogenated alkanes) is 1. The fourth-order valence-electron chi connectivity index (χ4n) is 5.30. The smallest absolute Gasteiger partial charge is 0.306 e. The number of carbonyl (C=O) groups is 4. The topological polar surface area (TPSA) is 96.0 Å². The minimum absolute atomic E-state index is 0.0427. The van der Waals surface area contributed by atoms with Gasteiger partial charge in [-0.25, -0.2) is 0 Å². The highest BCUT2D eigenvalue weighted by molar-refractivity contribution is 5.83. The van der Waals surface area contributed by atoms with E-state index >= 15 is 0 Å². The second-order valence-corrected chi connectivity index (χ2v) is 10.4. The third-order valence-corrected chi connectivity index (χ3v) is 7.29. The van der Waals surface area contributed by atoms with Crippen LogP contribution in [0.4, 0.5) is 0 Å². The standard InChI is InChI=1S/C30H42O7/c1-7-8-11-19(2)28(36-22(5)32)15-14-26-27-17-24(16-25(27)18-29(26)37-23(6)33)12-9-10-13-30(34)35-21(4)20(3)31/h12,14-15,19,21,25-29H,9-11,13,16-18H2,1-6H3/b15-14+,24-12+/t19?,21-,25+,26-,27+,28-,29?/m1/s1. The van der Waals surface area contributed by atoms with Crippen molar-refractivity contribution in [3.8, 4) is 11.8 Å². The first-order chi connectivity index (χ1) is 17.5. The van der Waals surface area contributed by atoms with E-state index in [-0.39, 0.29) is 48.1 Å². The van der Waals surface area contributed by atoms with Gasteiger partial charge < -0.3 is 14.2 Å². The predicted octanol–water partition coefficient (Wildman–Crippen LogP) is 5.12.